The first-order valence-electron chi connectivity index (χ1n) is 10.2. The predicted molar refractivity (Wildman–Crippen MR) is 125 cm³/mol. The molecule has 8 nitrogen and oxygen atoms in total. The molecule has 170 valence electrons. The minimum Gasteiger partial charge on any atom is -0.497 e. The second-order valence-electron chi connectivity index (χ2n) is 7.51. The zero-order valence-corrected chi connectivity index (χ0v) is 19.6. The number of hydrogen-bond acceptors (Lipinski definition) is 8. The van der Waals surface area contributed by atoms with E-state index in [0.717, 1.165) is 17.8 Å². The standard InChI is InChI=1S/C22H25N3O5S2/c1-29-17-6-3-5-16(15-17)21(26)25(10-9-24-11-13-30-14-12-24)22-23-20-18(31-22)7-4-8-19(20)32(2,27)28/h3-8,15H,9-14H2,1-2H3. The third-order valence-electron chi connectivity index (χ3n) is 5.31. The summed E-state index contributed by atoms with van der Waals surface area (Å²) in [6.07, 6.45) is 1.17. The summed E-state index contributed by atoms with van der Waals surface area (Å²) in [6.45, 7) is 4.03. The average molecular weight is 476 g/mol. The van der Waals surface area contributed by atoms with Crippen molar-refractivity contribution in [3.05, 3.63) is 48.0 Å². The van der Waals surface area contributed by atoms with Gasteiger partial charge in [-0.25, -0.2) is 13.4 Å². The van der Waals surface area contributed by atoms with Crippen molar-refractivity contribution in [2.45, 2.75) is 4.90 Å². The summed E-state index contributed by atoms with van der Waals surface area (Å²) in [5.74, 6) is 0.379. The van der Waals surface area contributed by atoms with Gasteiger partial charge in [0.25, 0.3) is 5.91 Å². The van der Waals surface area contributed by atoms with Crippen LogP contribution >= 0.6 is 11.3 Å². The maximum atomic E-state index is 13.5. The Balaban J connectivity index is 1.71. The fourth-order valence-corrected chi connectivity index (χ4v) is 5.50. The zero-order chi connectivity index (χ0) is 22.7. The Morgan fingerprint density at radius 3 is 2.69 bits per heavy atom. The number of hydrogen-bond donors (Lipinski definition) is 0. The Labute approximate surface area is 191 Å². The Bertz CT molecular complexity index is 1220. The van der Waals surface area contributed by atoms with Crippen LogP contribution in [0.3, 0.4) is 0 Å². The molecule has 0 bridgehead atoms. The number of thiazole rings is 1. The number of morpholine rings is 1. The summed E-state index contributed by atoms with van der Waals surface area (Å²) in [5, 5.41) is 0.470. The molecule has 4 rings (SSSR count). The number of carbonyl (C=O) groups excluding carboxylic acids is 1. The molecular formula is C22H25N3O5S2. The highest BCUT2D eigenvalue weighted by Crippen LogP contribution is 2.33. The van der Waals surface area contributed by atoms with Gasteiger partial charge in [-0.05, 0) is 30.3 Å². The molecule has 0 unspecified atom stereocenters. The van der Waals surface area contributed by atoms with Gasteiger partial charge in [0.05, 0.1) is 29.9 Å². The molecule has 0 saturated carbocycles. The molecule has 32 heavy (non-hydrogen) atoms. The smallest absolute Gasteiger partial charge is 0.260 e. The van der Waals surface area contributed by atoms with Crippen LogP contribution in [0.4, 0.5) is 5.13 Å². The molecule has 2 heterocycles. The van der Waals surface area contributed by atoms with Crippen LogP contribution < -0.4 is 9.64 Å². The van der Waals surface area contributed by atoms with E-state index in [1.54, 1.807) is 48.4 Å². The van der Waals surface area contributed by atoms with Gasteiger partial charge in [-0.1, -0.05) is 23.5 Å². The minimum absolute atomic E-state index is 0.166. The highest BCUT2D eigenvalue weighted by molar-refractivity contribution is 7.91. The highest BCUT2D eigenvalue weighted by atomic mass is 32.2. The molecule has 0 N–H and O–H groups in total. The molecular weight excluding hydrogens is 450 g/mol. The quantitative estimate of drug-likeness (QED) is 0.519. The van der Waals surface area contributed by atoms with Gasteiger partial charge < -0.3 is 9.47 Å². The lowest BCUT2D eigenvalue weighted by molar-refractivity contribution is 0.0391. The molecule has 3 aromatic rings. The number of methoxy groups -OCH3 is 1. The fourth-order valence-electron chi connectivity index (χ4n) is 3.59. The van der Waals surface area contributed by atoms with Gasteiger partial charge in [0.2, 0.25) is 0 Å². The number of anilines is 1. The van der Waals surface area contributed by atoms with E-state index >= 15 is 0 Å². The van der Waals surface area contributed by atoms with E-state index in [1.165, 1.54) is 17.6 Å². The van der Waals surface area contributed by atoms with Gasteiger partial charge in [0.1, 0.15) is 11.3 Å². The van der Waals surface area contributed by atoms with Crippen LogP contribution in [0, 0.1) is 0 Å². The minimum atomic E-state index is -3.45. The summed E-state index contributed by atoms with van der Waals surface area (Å²) in [7, 11) is -1.89. The molecule has 0 atom stereocenters. The third kappa shape index (κ3) is 4.93. The van der Waals surface area contributed by atoms with Crippen molar-refractivity contribution >= 4 is 42.4 Å². The lowest BCUT2D eigenvalue weighted by Gasteiger charge is -2.29. The number of benzene rings is 2. The number of amides is 1. The Morgan fingerprint density at radius 1 is 1.22 bits per heavy atom. The first-order chi connectivity index (χ1) is 15.4. The fraction of sp³-hybridized carbons (Fsp3) is 0.364. The van der Waals surface area contributed by atoms with Gasteiger partial charge in [-0.3, -0.25) is 14.6 Å². The molecule has 1 aliphatic heterocycles. The lowest BCUT2D eigenvalue weighted by atomic mass is 10.2. The summed E-state index contributed by atoms with van der Waals surface area (Å²) < 4.78 is 35.9. The van der Waals surface area contributed by atoms with Crippen molar-refractivity contribution in [2.75, 3.05) is 57.7 Å². The van der Waals surface area contributed by atoms with E-state index in [-0.39, 0.29) is 10.8 Å². The maximum Gasteiger partial charge on any atom is 0.260 e. The third-order valence-corrected chi connectivity index (χ3v) is 7.48. The molecule has 1 aromatic heterocycles. The predicted octanol–water partition coefficient (Wildman–Crippen LogP) is 2.69. The number of ether oxygens (including phenoxy) is 2. The van der Waals surface area contributed by atoms with Gasteiger partial charge in [0.15, 0.2) is 15.0 Å². The van der Waals surface area contributed by atoms with E-state index < -0.39 is 9.84 Å². The Kier molecular flexibility index (Phi) is 6.75. The number of sulfone groups is 1. The first-order valence-corrected chi connectivity index (χ1v) is 12.9. The molecule has 1 amide bonds. The van der Waals surface area contributed by atoms with E-state index in [2.05, 4.69) is 9.88 Å². The second-order valence-corrected chi connectivity index (χ2v) is 10.5. The zero-order valence-electron chi connectivity index (χ0n) is 18.0. The summed E-state index contributed by atoms with van der Waals surface area (Å²) in [5.41, 5.74) is 0.874. The number of fused-ring (bicyclic) bond motifs is 1. The number of nitrogens with zero attached hydrogens (tertiary/aromatic N) is 3. The number of rotatable bonds is 7. The summed E-state index contributed by atoms with van der Waals surface area (Å²) >= 11 is 1.31. The van der Waals surface area contributed by atoms with Crippen LogP contribution in [-0.4, -0.2) is 77.0 Å². The van der Waals surface area contributed by atoms with Crippen LogP contribution in [0.5, 0.6) is 5.75 Å². The van der Waals surface area contributed by atoms with Crippen LogP contribution in [-0.2, 0) is 14.6 Å². The van der Waals surface area contributed by atoms with Crippen LogP contribution in [0.25, 0.3) is 10.2 Å². The van der Waals surface area contributed by atoms with Gasteiger partial charge in [-0.15, -0.1) is 0 Å². The van der Waals surface area contributed by atoms with E-state index in [9.17, 15) is 13.2 Å². The average Bonchev–Trinajstić information content (AvgIpc) is 3.23. The lowest BCUT2D eigenvalue weighted by Crippen LogP contribution is -2.43. The SMILES string of the molecule is COc1cccc(C(=O)N(CCN2CCOCC2)c2nc3c(S(C)(=O)=O)cccc3s2)c1. The molecule has 1 saturated heterocycles. The number of aromatic nitrogens is 1. The van der Waals surface area contributed by atoms with Crippen molar-refractivity contribution in [1.29, 1.82) is 0 Å². The number of para-hydroxylation sites is 1. The first kappa shape index (κ1) is 22.7. The monoisotopic (exact) mass is 475 g/mol. The van der Waals surface area contributed by atoms with Crippen molar-refractivity contribution in [3.63, 3.8) is 0 Å². The molecule has 1 aliphatic rings. The van der Waals surface area contributed by atoms with Gasteiger partial charge in [-0.2, -0.15) is 0 Å². The molecule has 0 radical (unpaired) electrons. The van der Waals surface area contributed by atoms with Crippen molar-refractivity contribution in [1.82, 2.24) is 9.88 Å². The van der Waals surface area contributed by atoms with Gasteiger partial charge in [0, 0.05) is 38.0 Å². The number of carbonyl (C=O) groups is 1. The van der Waals surface area contributed by atoms with Crippen LogP contribution in [0.1, 0.15) is 10.4 Å². The molecule has 10 heteroatoms. The molecule has 1 fully saturated rings. The second kappa shape index (κ2) is 9.53. The summed E-state index contributed by atoms with van der Waals surface area (Å²) in [6, 6.07) is 12.0. The molecule has 0 spiro atoms. The maximum absolute atomic E-state index is 13.5. The topological polar surface area (TPSA) is 89.0 Å². The normalized spacial score (nSPS) is 15.1. The Hall–Kier alpha value is -2.53. The van der Waals surface area contributed by atoms with Crippen molar-refractivity contribution in [2.24, 2.45) is 0 Å². The van der Waals surface area contributed by atoms with E-state index in [1.807, 2.05) is 6.07 Å². The van der Waals surface area contributed by atoms with E-state index in [4.69, 9.17) is 9.47 Å². The summed E-state index contributed by atoms with van der Waals surface area (Å²) in [4.78, 5) is 22.2. The Morgan fingerprint density at radius 2 is 1.97 bits per heavy atom. The van der Waals surface area contributed by atoms with Crippen molar-refractivity contribution in [3.8, 4) is 5.75 Å². The molecule has 0 aliphatic carbocycles. The largest absolute Gasteiger partial charge is 0.497 e. The van der Waals surface area contributed by atoms with E-state index in [0.29, 0.717) is 48.3 Å². The van der Waals surface area contributed by atoms with Crippen molar-refractivity contribution < 1.29 is 22.7 Å². The van der Waals surface area contributed by atoms with Crippen LogP contribution in [0.15, 0.2) is 47.4 Å². The van der Waals surface area contributed by atoms with Gasteiger partial charge >= 0.3 is 0 Å². The molecule has 2 aromatic carbocycles. The highest BCUT2D eigenvalue weighted by Gasteiger charge is 2.25. The van der Waals surface area contributed by atoms with Crippen LogP contribution in [0.2, 0.25) is 0 Å².